The average Bonchev–Trinajstić information content (AvgIpc) is 2.88. The summed E-state index contributed by atoms with van der Waals surface area (Å²) in [5.41, 5.74) is 0.981. The first kappa shape index (κ1) is 15.4. The van der Waals surface area contributed by atoms with E-state index >= 15 is 0 Å². The Morgan fingerprint density at radius 2 is 2.14 bits per heavy atom. The summed E-state index contributed by atoms with van der Waals surface area (Å²) in [6.07, 6.45) is 1.53. The van der Waals surface area contributed by atoms with Crippen LogP contribution in [0, 0.1) is 10.1 Å². The van der Waals surface area contributed by atoms with E-state index in [0.29, 0.717) is 0 Å². The third-order valence-electron chi connectivity index (χ3n) is 3.00. The number of pyridine rings is 1. The Labute approximate surface area is 127 Å². The van der Waals surface area contributed by atoms with Crippen LogP contribution in [0.3, 0.4) is 0 Å². The fraction of sp³-hybridized carbons (Fsp3) is 0.429. The second kappa shape index (κ2) is 5.77. The van der Waals surface area contributed by atoms with Gasteiger partial charge in [-0.2, -0.15) is 0 Å². The molecule has 0 radical (unpaired) electrons. The molecule has 7 heteroatoms. The summed E-state index contributed by atoms with van der Waals surface area (Å²) < 4.78 is 0. The van der Waals surface area contributed by atoms with Gasteiger partial charge in [-0.3, -0.25) is 10.1 Å². The molecule has 2 aromatic heterocycles. The molecule has 2 rings (SSSR count). The highest BCUT2D eigenvalue weighted by Gasteiger charge is 2.21. The molecule has 1 atom stereocenters. The van der Waals surface area contributed by atoms with Gasteiger partial charge in [0, 0.05) is 23.1 Å². The number of nitro groups is 1. The number of thiazole rings is 1. The molecule has 0 aliphatic rings. The zero-order valence-electron chi connectivity index (χ0n) is 12.5. The number of hydrogen-bond donors (Lipinski definition) is 1. The summed E-state index contributed by atoms with van der Waals surface area (Å²) in [5, 5.41) is 17.0. The quantitative estimate of drug-likeness (QED) is 0.684. The minimum atomic E-state index is -0.440. The van der Waals surface area contributed by atoms with Crippen LogP contribution in [-0.2, 0) is 5.41 Å². The Bertz CT molecular complexity index is 648. The van der Waals surface area contributed by atoms with Crippen molar-refractivity contribution in [1.82, 2.24) is 9.97 Å². The first-order valence-electron chi connectivity index (χ1n) is 6.61. The maximum absolute atomic E-state index is 11.0. The lowest BCUT2D eigenvalue weighted by molar-refractivity contribution is -0.384. The van der Waals surface area contributed by atoms with Gasteiger partial charge < -0.3 is 5.32 Å². The summed E-state index contributed by atoms with van der Waals surface area (Å²) in [5.74, 6) is 0.266. The molecule has 2 heterocycles. The highest BCUT2D eigenvalue weighted by molar-refractivity contribution is 7.09. The summed E-state index contributed by atoms with van der Waals surface area (Å²) in [4.78, 5) is 19.2. The largest absolute Gasteiger partial charge is 0.355 e. The Morgan fingerprint density at radius 1 is 1.43 bits per heavy atom. The SMILES string of the molecule is CC(Nc1ncccc1[N+](=O)[O-])c1nc(C(C)(C)C)cs1. The van der Waals surface area contributed by atoms with Crippen LogP contribution in [-0.4, -0.2) is 14.9 Å². The molecule has 0 aliphatic carbocycles. The van der Waals surface area contributed by atoms with Crippen molar-refractivity contribution in [1.29, 1.82) is 0 Å². The first-order chi connectivity index (χ1) is 9.79. The highest BCUT2D eigenvalue weighted by Crippen LogP contribution is 2.30. The van der Waals surface area contributed by atoms with E-state index in [-0.39, 0.29) is 23.0 Å². The monoisotopic (exact) mass is 306 g/mol. The van der Waals surface area contributed by atoms with E-state index in [0.717, 1.165) is 10.7 Å². The first-order valence-corrected chi connectivity index (χ1v) is 7.49. The number of rotatable bonds is 4. The zero-order chi connectivity index (χ0) is 15.6. The molecule has 0 spiro atoms. The predicted molar refractivity (Wildman–Crippen MR) is 83.7 cm³/mol. The average molecular weight is 306 g/mol. The lowest BCUT2D eigenvalue weighted by atomic mass is 9.93. The normalized spacial score (nSPS) is 13.0. The minimum absolute atomic E-state index is 0.00847. The van der Waals surface area contributed by atoms with Crippen LogP contribution in [0.15, 0.2) is 23.7 Å². The van der Waals surface area contributed by atoms with Crippen molar-refractivity contribution in [3.8, 4) is 0 Å². The van der Waals surface area contributed by atoms with Crippen molar-refractivity contribution in [2.45, 2.75) is 39.2 Å². The number of hydrogen-bond acceptors (Lipinski definition) is 6. The van der Waals surface area contributed by atoms with Crippen LogP contribution in [0.2, 0.25) is 0 Å². The molecule has 1 unspecified atom stereocenters. The summed E-state index contributed by atoms with van der Waals surface area (Å²) in [7, 11) is 0. The second-order valence-corrected chi connectivity index (χ2v) is 6.70. The lowest BCUT2D eigenvalue weighted by Crippen LogP contribution is -2.13. The number of anilines is 1. The van der Waals surface area contributed by atoms with Gasteiger partial charge in [-0.25, -0.2) is 9.97 Å². The predicted octanol–water partition coefficient (Wildman–Crippen LogP) is 3.92. The Kier molecular flexibility index (Phi) is 4.22. The molecule has 0 saturated heterocycles. The smallest absolute Gasteiger partial charge is 0.311 e. The fourth-order valence-corrected chi connectivity index (χ4v) is 2.81. The topological polar surface area (TPSA) is 81.0 Å². The van der Waals surface area contributed by atoms with Crippen molar-refractivity contribution in [3.05, 3.63) is 44.5 Å². The number of nitrogens with zero attached hydrogens (tertiary/aromatic N) is 3. The van der Waals surface area contributed by atoms with Crippen LogP contribution in [0.4, 0.5) is 11.5 Å². The van der Waals surface area contributed by atoms with E-state index in [1.54, 1.807) is 17.4 Å². The standard InChI is InChI=1S/C14H18N4O2S/c1-9(13-17-11(8-21-13)14(2,3)4)16-12-10(18(19)20)6-5-7-15-12/h5-9H,1-4H3,(H,15,16). The molecule has 6 nitrogen and oxygen atoms in total. The van der Waals surface area contributed by atoms with E-state index in [1.807, 2.05) is 12.3 Å². The molecule has 0 fully saturated rings. The van der Waals surface area contributed by atoms with Gasteiger partial charge in [0.15, 0.2) is 0 Å². The van der Waals surface area contributed by atoms with Crippen molar-refractivity contribution in [3.63, 3.8) is 0 Å². The Morgan fingerprint density at radius 3 is 2.71 bits per heavy atom. The van der Waals surface area contributed by atoms with Gasteiger partial charge >= 0.3 is 5.69 Å². The van der Waals surface area contributed by atoms with Crippen molar-refractivity contribution < 1.29 is 4.92 Å². The molecule has 0 amide bonds. The lowest BCUT2D eigenvalue weighted by Gasteiger charge is -2.15. The molecule has 21 heavy (non-hydrogen) atoms. The van der Waals surface area contributed by atoms with E-state index in [2.05, 4.69) is 36.1 Å². The van der Waals surface area contributed by atoms with Crippen LogP contribution in [0.1, 0.15) is 44.4 Å². The second-order valence-electron chi connectivity index (χ2n) is 5.82. The molecule has 0 bridgehead atoms. The Balaban J connectivity index is 2.21. The molecule has 1 N–H and O–H groups in total. The van der Waals surface area contributed by atoms with E-state index in [4.69, 9.17) is 0 Å². The van der Waals surface area contributed by atoms with Gasteiger partial charge in [0.05, 0.1) is 16.7 Å². The van der Waals surface area contributed by atoms with E-state index in [9.17, 15) is 10.1 Å². The molecule has 112 valence electrons. The van der Waals surface area contributed by atoms with E-state index in [1.165, 1.54) is 12.3 Å². The van der Waals surface area contributed by atoms with Gasteiger partial charge in [0.1, 0.15) is 5.01 Å². The third kappa shape index (κ3) is 3.55. The maximum atomic E-state index is 11.0. The van der Waals surface area contributed by atoms with Crippen LogP contribution >= 0.6 is 11.3 Å². The van der Waals surface area contributed by atoms with Gasteiger partial charge in [-0.1, -0.05) is 20.8 Å². The van der Waals surface area contributed by atoms with Crippen LogP contribution in [0.5, 0.6) is 0 Å². The molecule has 0 saturated carbocycles. The molecular weight excluding hydrogens is 288 g/mol. The zero-order valence-corrected chi connectivity index (χ0v) is 13.3. The van der Waals surface area contributed by atoms with Crippen molar-refractivity contribution in [2.75, 3.05) is 5.32 Å². The molecule has 2 aromatic rings. The van der Waals surface area contributed by atoms with E-state index < -0.39 is 4.92 Å². The van der Waals surface area contributed by atoms with Crippen molar-refractivity contribution >= 4 is 22.8 Å². The minimum Gasteiger partial charge on any atom is -0.355 e. The number of nitrogens with one attached hydrogen (secondary N) is 1. The van der Waals surface area contributed by atoms with Gasteiger partial charge in [0.25, 0.3) is 0 Å². The van der Waals surface area contributed by atoms with Gasteiger partial charge in [0.2, 0.25) is 5.82 Å². The summed E-state index contributed by atoms with van der Waals surface area (Å²) in [6, 6.07) is 2.85. The van der Waals surface area contributed by atoms with Gasteiger partial charge in [-0.05, 0) is 13.0 Å². The van der Waals surface area contributed by atoms with Crippen LogP contribution in [0.25, 0.3) is 0 Å². The molecular formula is C14H18N4O2S. The third-order valence-corrected chi connectivity index (χ3v) is 4.02. The molecule has 0 aliphatic heterocycles. The summed E-state index contributed by atoms with van der Waals surface area (Å²) >= 11 is 1.55. The van der Waals surface area contributed by atoms with Crippen molar-refractivity contribution in [2.24, 2.45) is 0 Å². The highest BCUT2D eigenvalue weighted by atomic mass is 32.1. The van der Waals surface area contributed by atoms with Gasteiger partial charge in [-0.15, -0.1) is 11.3 Å². The number of aromatic nitrogens is 2. The molecule has 0 aromatic carbocycles. The Hall–Kier alpha value is -2.02. The summed E-state index contributed by atoms with van der Waals surface area (Å²) in [6.45, 7) is 8.23. The van der Waals surface area contributed by atoms with Crippen LogP contribution < -0.4 is 5.32 Å². The maximum Gasteiger partial charge on any atom is 0.311 e. The fourth-order valence-electron chi connectivity index (χ4n) is 1.75.